The van der Waals surface area contributed by atoms with Crippen molar-refractivity contribution in [1.82, 2.24) is 15.0 Å². The highest BCUT2D eigenvalue weighted by Gasteiger charge is 2.44. The van der Waals surface area contributed by atoms with Gasteiger partial charge in [-0.25, -0.2) is 9.97 Å². The van der Waals surface area contributed by atoms with Gasteiger partial charge in [0, 0.05) is 34.5 Å². The normalized spacial score (nSPS) is 14.1. The Morgan fingerprint density at radius 3 is 1.72 bits per heavy atom. The summed E-state index contributed by atoms with van der Waals surface area (Å²) in [6.07, 6.45) is 9.66. The van der Waals surface area contributed by atoms with E-state index in [1.54, 1.807) is 6.20 Å². The van der Waals surface area contributed by atoms with Crippen molar-refractivity contribution < 1.29 is 0 Å². The summed E-state index contributed by atoms with van der Waals surface area (Å²) in [6.45, 7) is 0. The van der Waals surface area contributed by atoms with E-state index in [0.29, 0.717) is 5.82 Å². The Morgan fingerprint density at radius 2 is 1.08 bits per heavy atom. The van der Waals surface area contributed by atoms with E-state index in [1.807, 2.05) is 36.5 Å². The largest absolute Gasteiger partial charge is 0.264 e. The molecule has 238 valence electrons. The van der Waals surface area contributed by atoms with Crippen LogP contribution in [0.25, 0.3) is 67.3 Å². The first-order valence-electron chi connectivity index (χ1n) is 17.4. The maximum atomic E-state index is 9.71. The molecule has 0 saturated heterocycles. The first-order chi connectivity index (χ1) is 24.7. The summed E-state index contributed by atoms with van der Waals surface area (Å²) in [5.74, 6) is 0.703. The molecule has 0 unspecified atom stereocenters. The van der Waals surface area contributed by atoms with Crippen LogP contribution >= 0.6 is 0 Å². The van der Waals surface area contributed by atoms with Crippen LogP contribution in [0.3, 0.4) is 0 Å². The molecular formula is C46H34N4. The van der Waals surface area contributed by atoms with E-state index in [1.165, 1.54) is 52.6 Å². The fraction of sp³-hybridized carbons (Fsp3) is 0.130. The van der Waals surface area contributed by atoms with Crippen molar-refractivity contribution in [2.24, 2.45) is 0 Å². The molecule has 5 aromatic carbocycles. The van der Waals surface area contributed by atoms with Crippen LogP contribution in [0.5, 0.6) is 0 Å². The molecular weight excluding hydrogens is 609 g/mol. The van der Waals surface area contributed by atoms with Crippen LogP contribution in [-0.4, -0.2) is 15.0 Å². The van der Waals surface area contributed by atoms with E-state index in [9.17, 15) is 5.26 Å². The zero-order valence-electron chi connectivity index (χ0n) is 27.7. The molecule has 1 spiro atoms. The second kappa shape index (κ2) is 12.4. The second-order valence-corrected chi connectivity index (χ2v) is 13.5. The van der Waals surface area contributed by atoms with Gasteiger partial charge in [-0.1, -0.05) is 122 Å². The monoisotopic (exact) mass is 642 g/mol. The Hall–Kier alpha value is -6.18. The minimum atomic E-state index is -0.00683. The Labute approximate surface area is 292 Å². The maximum absolute atomic E-state index is 9.71. The summed E-state index contributed by atoms with van der Waals surface area (Å²) in [7, 11) is 0. The Morgan fingerprint density at radius 1 is 0.500 bits per heavy atom. The molecule has 2 aliphatic carbocycles. The molecule has 1 saturated carbocycles. The van der Waals surface area contributed by atoms with Crippen molar-refractivity contribution in [1.29, 1.82) is 5.26 Å². The second-order valence-electron chi connectivity index (χ2n) is 13.5. The summed E-state index contributed by atoms with van der Waals surface area (Å²) in [5.41, 5.74) is 15.6. The van der Waals surface area contributed by atoms with Crippen LogP contribution in [-0.2, 0) is 5.41 Å². The SMILES string of the molecule is N#Cc1ccc2c(c1)C1(CCCCC1)c1cc(-c3ccc(-c4cc(-c5ccc(-c6cccnc6)cc5)nc(-c5ccccc5)n4)cc3)ccc1-2. The zero-order chi connectivity index (χ0) is 33.5. The minimum absolute atomic E-state index is 0.00683. The molecule has 0 radical (unpaired) electrons. The van der Waals surface area contributed by atoms with E-state index in [2.05, 4.69) is 114 Å². The van der Waals surface area contributed by atoms with Gasteiger partial charge in [-0.3, -0.25) is 4.98 Å². The quantitative estimate of drug-likeness (QED) is 0.187. The van der Waals surface area contributed by atoms with Gasteiger partial charge in [-0.2, -0.15) is 5.26 Å². The summed E-state index contributed by atoms with van der Waals surface area (Å²) in [4.78, 5) is 14.4. The van der Waals surface area contributed by atoms with Gasteiger partial charge in [0.1, 0.15) is 0 Å². The third kappa shape index (κ3) is 5.19. The van der Waals surface area contributed by atoms with E-state index < -0.39 is 0 Å². The van der Waals surface area contributed by atoms with Crippen molar-refractivity contribution in [2.75, 3.05) is 0 Å². The van der Waals surface area contributed by atoms with E-state index in [0.717, 1.165) is 57.6 Å². The van der Waals surface area contributed by atoms with Crippen LogP contribution in [0, 0.1) is 11.3 Å². The zero-order valence-corrected chi connectivity index (χ0v) is 27.7. The number of pyridine rings is 1. The van der Waals surface area contributed by atoms with Crippen molar-refractivity contribution in [3.63, 3.8) is 0 Å². The fourth-order valence-corrected chi connectivity index (χ4v) is 8.10. The smallest absolute Gasteiger partial charge is 0.160 e. The Balaban J connectivity index is 1.08. The van der Waals surface area contributed by atoms with Gasteiger partial charge in [0.2, 0.25) is 0 Å². The molecule has 1 fully saturated rings. The summed E-state index contributed by atoms with van der Waals surface area (Å²) < 4.78 is 0. The topological polar surface area (TPSA) is 62.5 Å². The molecule has 2 aliphatic rings. The van der Waals surface area contributed by atoms with Crippen molar-refractivity contribution in [3.8, 4) is 73.4 Å². The fourth-order valence-electron chi connectivity index (χ4n) is 8.10. The van der Waals surface area contributed by atoms with Gasteiger partial charge in [0.05, 0.1) is 23.0 Å². The van der Waals surface area contributed by atoms with Gasteiger partial charge in [-0.05, 0) is 87.7 Å². The van der Waals surface area contributed by atoms with Gasteiger partial charge >= 0.3 is 0 Å². The van der Waals surface area contributed by atoms with E-state index >= 15 is 0 Å². The standard InChI is InChI=1S/C46H34N4/c47-29-31-11-21-39-40-22-20-37(27-42(40)46(41(39)26-31)23-5-2-6-24-46)32-12-16-34(17-13-32)43-28-44(50-45(49-43)36-8-3-1-4-9-36)35-18-14-33(15-19-35)38-10-7-25-48-30-38/h1,3-4,7-22,25-28,30H,2,5-6,23-24H2. The van der Waals surface area contributed by atoms with Gasteiger partial charge in [0.25, 0.3) is 0 Å². The van der Waals surface area contributed by atoms with Crippen LogP contribution in [0.2, 0.25) is 0 Å². The number of nitriles is 1. The predicted octanol–water partition coefficient (Wildman–Crippen LogP) is 11.3. The average molecular weight is 643 g/mol. The number of fused-ring (bicyclic) bond motifs is 5. The summed E-state index contributed by atoms with van der Waals surface area (Å²) in [5, 5.41) is 9.71. The molecule has 2 aromatic heterocycles. The predicted molar refractivity (Wildman–Crippen MR) is 201 cm³/mol. The number of benzene rings is 5. The molecule has 0 N–H and O–H groups in total. The highest BCUT2D eigenvalue weighted by Crippen LogP contribution is 2.56. The highest BCUT2D eigenvalue weighted by molar-refractivity contribution is 5.85. The number of hydrogen-bond acceptors (Lipinski definition) is 4. The number of hydrogen-bond donors (Lipinski definition) is 0. The van der Waals surface area contributed by atoms with E-state index in [-0.39, 0.29) is 5.41 Å². The molecule has 7 aromatic rings. The van der Waals surface area contributed by atoms with Gasteiger partial charge < -0.3 is 0 Å². The van der Waals surface area contributed by atoms with Crippen LogP contribution in [0.4, 0.5) is 0 Å². The lowest BCUT2D eigenvalue weighted by Crippen LogP contribution is -2.28. The lowest BCUT2D eigenvalue weighted by molar-refractivity contribution is 0.353. The highest BCUT2D eigenvalue weighted by atomic mass is 14.9. The Bertz CT molecular complexity index is 2380. The summed E-state index contributed by atoms with van der Waals surface area (Å²) >= 11 is 0. The van der Waals surface area contributed by atoms with Crippen LogP contribution < -0.4 is 0 Å². The van der Waals surface area contributed by atoms with Crippen LogP contribution in [0.1, 0.15) is 48.8 Å². The lowest BCUT2D eigenvalue weighted by atomic mass is 9.67. The third-order valence-electron chi connectivity index (χ3n) is 10.6. The molecule has 9 rings (SSSR count). The molecule has 0 amide bonds. The molecule has 0 atom stereocenters. The van der Waals surface area contributed by atoms with Crippen LogP contribution in [0.15, 0.2) is 146 Å². The van der Waals surface area contributed by atoms with Gasteiger partial charge in [0.15, 0.2) is 5.82 Å². The summed E-state index contributed by atoms with van der Waals surface area (Å²) in [6, 6.07) is 49.2. The van der Waals surface area contributed by atoms with E-state index in [4.69, 9.17) is 9.97 Å². The minimum Gasteiger partial charge on any atom is -0.264 e. The average Bonchev–Trinajstić information content (AvgIpc) is 3.46. The lowest BCUT2D eigenvalue weighted by Gasteiger charge is -2.36. The molecule has 0 aliphatic heterocycles. The number of aromatic nitrogens is 3. The maximum Gasteiger partial charge on any atom is 0.160 e. The third-order valence-corrected chi connectivity index (χ3v) is 10.6. The first-order valence-corrected chi connectivity index (χ1v) is 17.4. The molecule has 4 nitrogen and oxygen atoms in total. The number of nitrogens with zero attached hydrogens (tertiary/aromatic N) is 4. The number of rotatable bonds is 5. The van der Waals surface area contributed by atoms with Crippen molar-refractivity contribution in [3.05, 3.63) is 163 Å². The van der Waals surface area contributed by atoms with Gasteiger partial charge in [-0.15, -0.1) is 0 Å². The molecule has 0 bridgehead atoms. The van der Waals surface area contributed by atoms with Crippen molar-refractivity contribution >= 4 is 0 Å². The first kappa shape index (κ1) is 29.9. The Kier molecular flexibility index (Phi) is 7.40. The molecule has 4 heteroatoms. The molecule has 50 heavy (non-hydrogen) atoms. The van der Waals surface area contributed by atoms with Crippen molar-refractivity contribution in [2.45, 2.75) is 37.5 Å². The molecule has 2 heterocycles.